The van der Waals surface area contributed by atoms with Crippen molar-refractivity contribution in [2.24, 2.45) is 0 Å². The molecule has 0 aliphatic heterocycles. The summed E-state index contributed by atoms with van der Waals surface area (Å²) in [6.45, 7) is 4.90. The van der Waals surface area contributed by atoms with E-state index in [0.717, 1.165) is 51.4 Å². The number of nitrogens with one attached hydrogen (secondary N) is 1. The SMILES string of the molecule is CCC/C=C\C/C=C\CCCCCCCC(=O)OCCCCCCCCCCCCCCCCCCCCCCCCCCCCCCCC(=O)NC(CO)C(O)CCCCCCCCCCCCCCC. The monoisotopic (exact) mass is 1010 g/mol. The van der Waals surface area contributed by atoms with Gasteiger partial charge in [0, 0.05) is 12.8 Å². The molecule has 0 aromatic rings. The first-order valence-electron chi connectivity index (χ1n) is 32.6. The predicted octanol–water partition coefficient (Wildman–Crippen LogP) is 20.6. The Balaban J connectivity index is 3.32. The van der Waals surface area contributed by atoms with Gasteiger partial charge < -0.3 is 20.3 Å². The van der Waals surface area contributed by atoms with E-state index in [-0.39, 0.29) is 18.5 Å². The van der Waals surface area contributed by atoms with E-state index in [2.05, 4.69) is 43.5 Å². The van der Waals surface area contributed by atoms with Crippen molar-refractivity contribution < 1.29 is 24.5 Å². The van der Waals surface area contributed by atoms with E-state index in [1.165, 1.54) is 276 Å². The second-order valence-corrected chi connectivity index (χ2v) is 22.5. The molecule has 2 atom stereocenters. The summed E-state index contributed by atoms with van der Waals surface area (Å²) in [6.07, 6.45) is 76.4. The maximum Gasteiger partial charge on any atom is 0.305 e. The Labute approximate surface area is 450 Å². The molecule has 426 valence electrons. The van der Waals surface area contributed by atoms with E-state index in [1.807, 2.05) is 0 Å². The minimum atomic E-state index is -0.660. The van der Waals surface area contributed by atoms with Crippen LogP contribution in [0.15, 0.2) is 24.3 Å². The molecule has 0 rings (SSSR count). The Morgan fingerprint density at radius 3 is 1.11 bits per heavy atom. The van der Waals surface area contributed by atoms with Crippen molar-refractivity contribution in [1.82, 2.24) is 5.32 Å². The van der Waals surface area contributed by atoms with Crippen LogP contribution in [0.2, 0.25) is 0 Å². The van der Waals surface area contributed by atoms with Crippen molar-refractivity contribution in [3.8, 4) is 0 Å². The second-order valence-electron chi connectivity index (χ2n) is 22.5. The number of rotatable bonds is 61. The van der Waals surface area contributed by atoms with E-state index in [0.29, 0.717) is 25.9 Å². The van der Waals surface area contributed by atoms with Gasteiger partial charge in [-0.05, 0) is 51.4 Å². The quantitative estimate of drug-likeness (QED) is 0.0320. The van der Waals surface area contributed by atoms with Gasteiger partial charge in [0.1, 0.15) is 0 Å². The molecule has 0 fully saturated rings. The first-order valence-corrected chi connectivity index (χ1v) is 32.6. The molecule has 72 heavy (non-hydrogen) atoms. The standard InChI is InChI=1S/C66H127NO5/c1-3-5-7-9-11-13-15-34-38-42-46-50-54-58-64(69)63(62-68)67-65(70)59-55-51-47-43-39-36-32-30-28-26-24-22-20-18-17-19-21-23-25-27-29-31-33-37-41-45-49-53-57-61-72-66(71)60-56-52-48-44-40-35-16-14-12-10-8-6-4-2/h8,10,14,16,63-64,68-69H,3-7,9,11-13,15,17-62H2,1-2H3,(H,67,70)/b10-8-,16-14-. The molecule has 6 heteroatoms. The third kappa shape index (κ3) is 57.6. The van der Waals surface area contributed by atoms with Crippen molar-refractivity contribution in [2.45, 2.75) is 373 Å². The normalized spacial score (nSPS) is 12.7. The second kappa shape index (κ2) is 61.9. The first kappa shape index (κ1) is 70.3. The average Bonchev–Trinajstić information content (AvgIpc) is 3.38. The lowest BCUT2D eigenvalue weighted by Crippen LogP contribution is -2.45. The fraction of sp³-hybridized carbons (Fsp3) is 0.909. The van der Waals surface area contributed by atoms with Gasteiger partial charge in [0.05, 0.1) is 25.4 Å². The molecule has 0 aliphatic carbocycles. The van der Waals surface area contributed by atoms with Crippen LogP contribution in [0.25, 0.3) is 0 Å². The van der Waals surface area contributed by atoms with Gasteiger partial charge in [-0.25, -0.2) is 0 Å². The molecule has 2 unspecified atom stereocenters. The molecule has 0 heterocycles. The van der Waals surface area contributed by atoms with E-state index >= 15 is 0 Å². The Bertz CT molecular complexity index is 1120. The lowest BCUT2D eigenvalue weighted by Gasteiger charge is -2.22. The molecule has 0 saturated carbocycles. The zero-order valence-electron chi connectivity index (χ0n) is 48.7. The van der Waals surface area contributed by atoms with Gasteiger partial charge in [-0.15, -0.1) is 0 Å². The van der Waals surface area contributed by atoms with Gasteiger partial charge in [0.15, 0.2) is 0 Å². The Morgan fingerprint density at radius 2 is 0.722 bits per heavy atom. The summed E-state index contributed by atoms with van der Waals surface area (Å²) < 4.78 is 5.47. The van der Waals surface area contributed by atoms with Gasteiger partial charge in [-0.2, -0.15) is 0 Å². The number of allylic oxidation sites excluding steroid dienone is 4. The third-order valence-corrected chi connectivity index (χ3v) is 15.2. The summed E-state index contributed by atoms with van der Waals surface area (Å²) in [5.41, 5.74) is 0. The summed E-state index contributed by atoms with van der Waals surface area (Å²) >= 11 is 0. The molecule has 0 radical (unpaired) electrons. The molecule has 0 spiro atoms. The highest BCUT2D eigenvalue weighted by molar-refractivity contribution is 5.76. The molecule has 0 saturated heterocycles. The van der Waals surface area contributed by atoms with Crippen LogP contribution in [-0.4, -0.2) is 47.4 Å². The molecular weight excluding hydrogens is 887 g/mol. The number of carbonyl (C=O) groups excluding carboxylic acids is 2. The number of unbranched alkanes of at least 4 members (excludes halogenated alkanes) is 46. The molecule has 0 aromatic carbocycles. The first-order chi connectivity index (χ1) is 35.5. The number of hydrogen-bond donors (Lipinski definition) is 3. The Hall–Kier alpha value is -1.66. The maximum absolute atomic E-state index is 12.5. The van der Waals surface area contributed by atoms with Gasteiger partial charge in [0.2, 0.25) is 5.91 Å². The Morgan fingerprint density at radius 1 is 0.389 bits per heavy atom. The highest BCUT2D eigenvalue weighted by atomic mass is 16.5. The van der Waals surface area contributed by atoms with Crippen LogP contribution in [0.5, 0.6) is 0 Å². The van der Waals surface area contributed by atoms with Crippen LogP contribution in [0.3, 0.4) is 0 Å². The van der Waals surface area contributed by atoms with Crippen LogP contribution in [0.1, 0.15) is 361 Å². The minimum Gasteiger partial charge on any atom is -0.466 e. The molecule has 3 N–H and O–H groups in total. The zero-order chi connectivity index (χ0) is 52.2. The van der Waals surface area contributed by atoms with Crippen molar-refractivity contribution in [1.29, 1.82) is 0 Å². The maximum atomic E-state index is 12.5. The number of ether oxygens (including phenoxy) is 1. The smallest absolute Gasteiger partial charge is 0.305 e. The van der Waals surface area contributed by atoms with E-state index in [9.17, 15) is 19.8 Å². The van der Waals surface area contributed by atoms with Crippen LogP contribution < -0.4 is 5.32 Å². The summed E-state index contributed by atoms with van der Waals surface area (Å²) in [4.78, 5) is 24.5. The lowest BCUT2D eigenvalue weighted by molar-refractivity contribution is -0.143. The number of carbonyl (C=O) groups is 2. The topological polar surface area (TPSA) is 95.9 Å². The van der Waals surface area contributed by atoms with Crippen molar-refractivity contribution in [3.63, 3.8) is 0 Å². The van der Waals surface area contributed by atoms with Gasteiger partial charge in [-0.3, -0.25) is 9.59 Å². The summed E-state index contributed by atoms with van der Waals surface area (Å²) in [7, 11) is 0. The summed E-state index contributed by atoms with van der Waals surface area (Å²) in [5.74, 6) is -0.0255. The molecular formula is C66H127NO5. The molecule has 6 nitrogen and oxygen atoms in total. The van der Waals surface area contributed by atoms with E-state index in [4.69, 9.17) is 4.74 Å². The predicted molar refractivity (Wildman–Crippen MR) is 315 cm³/mol. The number of esters is 1. The largest absolute Gasteiger partial charge is 0.466 e. The molecule has 0 bridgehead atoms. The van der Waals surface area contributed by atoms with E-state index in [1.54, 1.807) is 0 Å². The van der Waals surface area contributed by atoms with Crippen LogP contribution in [0, 0.1) is 0 Å². The van der Waals surface area contributed by atoms with Gasteiger partial charge in [-0.1, -0.05) is 321 Å². The van der Waals surface area contributed by atoms with E-state index < -0.39 is 12.1 Å². The number of hydrogen-bond acceptors (Lipinski definition) is 5. The summed E-state index contributed by atoms with van der Waals surface area (Å²) in [5, 5.41) is 23.3. The lowest BCUT2D eigenvalue weighted by atomic mass is 10.0. The average molecular weight is 1010 g/mol. The number of amides is 1. The van der Waals surface area contributed by atoms with Gasteiger partial charge in [0.25, 0.3) is 0 Å². The number of aliphatic hydroxyl groups is 2. The van der Waals surface area contributed by atoms with Crippen molar-refractivity contribution in [3.05, 3.63) is 24.3 Å². The molecule has 1 amide bonds. The van der Waals surface area contributed by atoms with Crippen molar-refractivity contribution in [2.75, 3.05) is 13.2 Å². The number of aliphatic hydroxyl groups excluding tert-OH is 2. The third-order valence-electron chi connectivity index (χ3n) is 15.2. The van der Waals surface area contributed by atoms with Crippen LogP contribution >= 0.6 is 0 Å². The molecule has 0 aliphatic rings. The van der Waals surface area contributed by atoms with Gasteiger partial charge >= 0.3 is 5.97 Å². The van der Waals surface area contributed by atoms with Crippen LogP contribution in [-0.2, 0) is 14.3 Å². The summed E-state index contributed by atoms with van der Waals surface area (Å²) in [6, 6.07) is -0.537. The van der Waals surface area contributed by atoms with Crippen LogP contribution in [0.4, 0.5) is 0 Å². The fourth-order valence-electron chi connectivity index (χ4n) is 10.3. The highest BCUT2D eigenvalue weighted by Gasteiger charge is 2.20. The molecule has 0 aromatic heterocycles. The fourth-order valence-corrected chi connectivity index (χ4v) is 10.3. The Kier molecular flexibility index (Phi) is 60.5. The zero-order valence-corrected chi connectivity index (χ0v) is 48.7. The minimum absolute atomic E-state index is 0.00435. The highest BCUT2D eigenvalue weighted by Crippen LogP contribution is 2.19. The van der Waals surface area contributed by atoms with Crippen molar-refractivity contribution >= 4 is 11.9 Å².